The van der Waals surface area contributed by atoms with Crippen LogP contribution in [0.5, 0.6) is 0 Å². The summed E-state index contributed by atoms with van der Waals surface area (Å²) in [6.45, 7) is 10.4. The van der Waals surface area contributed by atoms with Gasteiger partial charge in [0.2, 0.25) is 0 Å². The molecule has 0 heterocycles. The number of hydrogen-bond acceptors (Lipinski definition) is 0. The second kappa shape index (κ2) is 6.12. The van der Waals surface area contributed by atoms with Crippen LogP contribution in [0.3, 0.4) is 0 Å². The summed E-state index contributed by atoms with van der Waals surface area (Å²) >= 11 is 0. The first-order chi connectivity index (χ1) is 7.65. The molecule has 1 aromatic carbocycles. The molecule has 0 saturated heterocycles. The average Bonchev–Trinajstić information content (AvgIpc) is 2.35. The van der Waals surface area contributed by atoms with Crippen LogP contribution in [-0.2, 0) is 0 Å². The van der Waals surface area contributed by atoms with E-state index >= 15 is 0 Å². The summed E-state index contributed by atoms with van der Waals surface area (Å²) in [5.41, 5.74) is 5.02. The van der Waals surface area contributed by atoms with Crippen LogP contribution in [-0.4, -0.2) is 0 Å². The van der Waals surface area contributed by atoms with Crippen LogP contribution in [0, 0.1) is 0 Å². The number of allylic oxidation sites excluding steroid dienone is 5. The van der Waals surface area contributed by atoms with Gasteiger partial charge in [-0.25, -0.2) is 0 Å². The first-order valence-corrected chi connectivity index (χ1v) is 5.74. The Kier molecular flexibility index (Phi) is 4.78. The van der Waals surface area contributed by atoms with Gasteiger partial charge in [0.05, 0.1) is 0 Å². The van der Waals surface area contributed by atoms with Crippen molar-refractivity contribution in [2.24, 2.45) is 0 Å². The van der Waals surface area contributed by atoms with Crippen molar-refractivity contribution in [2.75, 3.05) is 0 Å². The summed E-state index contributed by atoms with van der Waals surface area (Å²) < 4.78 is 0. The Morgan fingerprint density at radius 3 is 2.31 bits per heavy atom. The van der Waals surface area contributed by atoms with E-state index in [2.05, 4.69) is 63.8 Å². The summed E-state index contributed by atoms with van der Waals surface area (Å²) in [4.78, 5) is 0. The Balaban J connectivity index is 2.83. The molecule has 0 bridgehead atoms. The third kappa shape index (κ3) is 3.54. The van der Waals surface area contributed by atoms with Crippen molar-refractivity contribution in [3.63, 3.8) is 0 Å². The minimum Gasteiger partial charge on any atom is -0.0956 e. The Morgan fingerprint density at radius 1 is 1.12 bits per heavy atom. The molecule has 16 heavy (non-hydrogen) atoms. The predicted octanol–water partition coefficient (Wildman–Crippen LogP) is 5.00. The second-order valence-corrected chi connectivity index (χ2v) is 4.02. The number of benzene rings is 1. The first kappa shape index (κ1) is 12.5. The van der Waals surface area contributed by atoms with E-state index in [0.29, 0.717) is 0 Å². The zero-order valence-electron chi connectivity index (χ0n) is 10.5. The molecule has 0 nitrogen and oxygen atoms in total. The van der Waals surface area contributed by atoms with Gasteiger partial charge in [0, 0.05) is 0 Å². The van der Waals surface area contributed by atoms with E-state index in [9.17, 15) is 0 Å². The Labute approximate surface area is 99.0 Å². The van der Waals surface area contributed by atoms with Crippen molar-refractivity contribution in [1.82, 2.24) is 0 Å². The van der Waals surface area contributed by atoms with E-state index in [1.165, 1.54) is 22.3 Å². The van der Waals surface area contributed by atoms with Gasteiger partial charge in [-0.3, -0.25) is 0 Å². The molecule has 1 aromatic rings. The third-order valence-corrected chi connectivity index (χ3v) is 2.80. The molecular weight excluding hydrogens is 192 g/mol. The lowest BCUT2D eigenvalue weighted by Crippen LogP contribution is -1.81. The fourth-order valence-electron chi connectivity index (χ4n) is 1.44. The Morgan fingerprint density at radius 2 is 1.75 bits per heavy atom. The van der Waals surface area contributed by atoms with Gasteiger partial charge in [0.15, 0.2) is 0 Å². The summed E-state index contributed by atoms with van der Waals surface area (Å²) in [6.07, 6.45) is 5.32. The van der Waals surface area contributed by atoms with Gasteiger partial charge < -0.3 is 0 Å². The Hall–Kier alpha value is -1.56. The standard InChI is InChI=1S/C16H20/c1-5-13(2)14(3)11-12-15(4)16-9-7-6-8-10-16/h6-12H,2,5H2,1,3-4H3/b14-11+,15-12+. The quantitative estimate of drug-likeness (QED) is 0.616. The highest BCUT2D eigenvalue weighted by Gasteiger charge is 1.94. The molecule has 0 aromatic heterocycles. The molecule has 84 valence electrons. The van der Waals surface area contributed by atoms with Gasteiger partial charge in [-0.05, 0) is 37.0 Å². The van der Waals surface area contributed by atoms with Crippen molar-refractivity contribution < 1.29 is 0 Å². The van der Waals surface area contributed by atoms with Crippen LogP contribution >= 0.6 is 0 Å². The van der Waals surface area contributed by atoms with Crippen molar-refractivity contribution in [3.05, 3.63) is 65.8 Å². The molecule has 0 fully saturated rings. The summed E-state index contributed by atoms with van der Waals surface area (Å²) in [5, 5.41) is 0. The number of hydrogen-bond donors (Lipinski definition) is 0. The van der Waals surface area contributed by atoms with Crippen LogP contribution in [0.25, 0.3) is 5.57 Å². The van der Waals surface area contributed by atoms with Crippen LogP contribution < -0.4 is 0 Å². The molecule has 0 saturated carbocycles. The third-order valence-electron chi connectivity index (χ3n) is 2.80. The molecule has 0 unspecified atom stereocenters. The van der Waals surface area contributed by atoms with Gasteiger partial charge in [-0.1, -0.05) is 61.6 Å². The molecule has 0 amide bonds. The molecular formula is C16H20. The minimum atomic E-state index is 1.01. The van der Waals surface area contributed by atoms with E-state index in [4.69, 9.17) is 0 Å². The van der Waals surface area contributed by atoms with Crippen molar-refractivity contribution >= 4 is 5.57 Å². The predicted molar refractivity (Wildman–Crippen MR) is 73.3 cm³/mol. The van der Waals surface area contributed by atoms with Gasteiger partial charge in [-0.15, -0.1) is 0 Å². The summed E-state index contributed by atoms with van der Waals surface area (Å²) in [5.74, 6) is 0. The maximum Gasteiger partial charge on any atom is -0.0227 e. The maximum absolute atomic E-state index is 4.03. The highest BCUT2D eigenvalue weighted by molar-refractivity contribution is 5.65. The largest absolute Gasteiger partial charge is 0.0956 e. The minimum absolute atomic E-state index is 1.01. The lowest BCUT2D eigenvalue weighted by Gasteiger charge is -2.02. The van der Waals surface area contributed by atoms with E-state index < -0.39 is 0 Å². The number of rotatable bonds is 4. The molecule has 1 rings (SSSR count). The molecule has 0 N–H and O–H groups in total. The lowest BCUT2D eigenvalue weighted by atomic mass is 10.0. The van der Waals surface area contributed by atoms with Crippen molar-refractivity contribution in [3.8, 4) is 0 Å². The van der Waals surface area contributed by atoms with E-state index in [0.717, 1.165) is 6.42 Å². The van der Waals surface area contributed by atoms with Gasteiger partial charge >= 0.3 is 0 Å². The van der Waals surface area contributed by atoms with Gasteiger partial charge in [0.1, 0.15) is 0 Å². The highest BCUT2D eigenvalue weighted by atomic mass is 14.0. The molecule has 0 spiro atoms. The van der Waals surface area contributed by atoms with E-state index in [1.807, 2.05) is 6.07 Å². The molecule has 0 radical (unpaired) electrons. The van der Waals surface area contributed by atoms with E-state index in [1.54, 1.807) is 0 Å². The molecule has 0 aliphatic rings. The van der Waals surface area contributed by atoms with Crippen LogP contribution in [0.15, 0.2) is 60.2 Å². The monoisotopic (exact) mass is 212 g/mol. The fraction of sp³-hybridized carbons (Fsp3) is 0.250. The zero-order valence-corrected chi connectivity index (χ0v) is 10.5. The average molecular weight is 212 g/mol. The lowest BCUT2D eigenvalue weighted by molar-refractivity contribution is 1.11. The summed E-state index contributed by atoms with van der Waals surface area (Å²) in [6, 6.07) is 10.4. The maximum atomic E-state index is 4.03. The van der Waals surface area contributed by atoms with Gasteiger partial charge in [-0.2, -0.15) is 0 Å². The van der Waals surface area contributed by atoms with Gasteiger partial charge in [0.25, 0.3) is 0 Å². The topological polar surface area (TPSA) is 0 Å². The highest BCUT2D eigenvalue weighted by Crippen LogP contribution is 2.15. The smallest absolute Gasteiger partial charge is 0.0227 e. The van der Waals surface area contributed by atoms with Crippen molar-refractivity contribution in [2.45, 2.75) is 27.2 Å². The normalized spacial score (nSPS) is 12.7. The SMILES string of the molecule is C=C(CC)/C(C)=C/C=C(\C)c1ccccc1. The fourth-order valence-corrected chi connectivity index (χ4v) is 1.44. The van der Waals surface area contributed by atoms with E-state index in [-0.39, 0.29) is 0 Å². The zero-order chi connectivity index (χ0) is 12.0. The molecule has 0 aliphatic carbocycles. The first-order valence-electron chi connectivity index (χ1n) is 5.74. The van der Waals surface area contributed by atoms with Crippen molar-refractivity contribution in [1.29, 1.82) is 0 Å². The van der Waals surface area contributed by atoms with Crippen LogP contribution in [0.2, 0.25) is 0 Å². The Bertz CT molecular complexity index is 405. The molecule has 0 aliphatic heterocycles. The molecule has 0 atom stereocenters. The van der Waals surface area contributed by atoms with Crippen LogP contribution in [0.1, 0.15) is 32.8 Å². The summed E-state index contributed by atoms with van der Waals surface area (Å²) in [7, 11) is 0. The molecule has 0 heteroatoms. The second-order valence-electron chi connectivity index (χ2n) is 4.02. The van der Waals surface area contributed by atoms with Crippen LogP contribution in [0.4, 0.5) is 0 Å².